The first kappa shape index (κ1) is 24.5. The Morgan fingerprint density at radius 1 is 1.25 bits per heavy atom. The molecule has 0 aromatic heterocycles. The standard InChI is InChI=1S/C23H28BrClN4O3/c1-4-28(5-2)14-15(3)13-26-21(30)23(32)19-12-16(24)6-11-20(19)27-22(31)29(23)18-9-7-17(25)8-10-18/h6-12,15,32H,4-5,13-14H2,1-3H3,(H,26,30)(H,27,31)/p+1. The molecule has 0 saturated carbocycles. The third-order valence-corrected chi connectivity index (χ3v) is 6.52. The Balaban J connectivity index is 1.97. The van der Waals surface area contributed by atoms with Crippen LogP contribution in [0.25, 0.3) is 0 Å². The van der Waals surface area contributed by atoms with Crippen LogP contribution < -0.4 is 20.4 Å². The number of nitrogens with one attached hydrogen (secondary N) is 3. The zero-order chi connectivity index (χ0) is 23.5. The second kappa shape index (κ2) is 10.2. The molecule has 4 N–H and O–H groups in total. The van der Waals surface area contributed by atoms with Crippen molar-refractivity contribution in [2.45, 2.75) is 26.5 Å². The Bertz CT molecular complexity index is 984. The van der Waals surface area contributed by atoms with Crippen LogP contribution >= 0.6 is 27.5 Å². The molecular weight excluding hydrogens is 496 g/mol. The largest absolute Gasteiger partial charge is 0.359 e. The number of amides is 3. The molecule has 2 unspecified atom stereocenters. The fourth-order valence-electron chi connectivity index (χ4n) is 3.96. The molecule has 2 aromatic rings. The third-order valence-electron chi connectivity index (χ3n) is 5.78. The topological polar surface area (TPSA) is 86.1 Å². The highest BCUT2D eigenvalue weighted by atomic mass is 79.9. The predicted molar refractivity (Wildman–Crippen MR) is 130 cm³/mol. The number of benzene rings is 2. The van der Waals surface area contributed by atoms with E-state index in [1.54, 1.807) is 42.5 Å². The summed E-state index contributed by atoms with van der Waals surface area (Å²) in [5.74, 6) is -0.469. The summed E-state index contributed by atoms with van der Waals surface area (Å²) in [4.78, 5) is 29.0. The molecule has 0 bridgehead atoms. The molecule has 7 nitrogen and oxygen atoms in total. The van der Waals surface area contributed by atoms with Crippen LogP contribution in [0.1, 0.15) is 26.3 Å². The Morgan fingerprint density at radius 2 is 1.91 bits per heavy atom. The van der Waals surface area contributed by atoms with Gasteiger partial charge in [0.25, 0.3) is 11.6 Å². The van der Waals surface area contributed by atoms with Gasteiger partial charge in [-0.25, -0.2) is 4.79 Å². The number of halogens is 2. The molecule has 1 aliphatic rings. The van der Waals surface area contributed by atoms with Crippen LogP contribution in [0.4, 0.5) is 16.2 Å². The molecule has 3 amide bonds. The van der Waals surface area contributed by atoms with Gasteiger partial charge in [-0.05, 0) is 56.3 Å². The molecule has 2 aromatic carbocycles. The second-order valence-electron chi connectivity index (χ2n) is 8.08. The van der Waals surface area contributed by atoms with Crippen molar-refractivity contribution in [1.29, 1.82) is 0 Å². The Morgan fingerprint density at radius 3 is 2.53 bits per heavy atom. The van der Waals surface area contributed by atoms with Gasteiger partial charge in [0.1, 0.15) is 0 Å². The first-order valence-corrected chi connectivity index (χ1v) is 11.9. The van der Waals surface area contributed by atoms with Gasteiger partial charge in [0.2, 0.25) is 0 Å². The quantitative estimate of drug-likeness (QED) is 0.428. The van der Waals surface area contributed by atoms with E-state index in [0.29, 0.717) is 27.4 Å². The lowest BCUT2D eigenvalue weighted by Gasteiger charge is -2.43. The molecule has 3 rings (SSSR count). The number of carbonyl (C=O) groups excluding carboxylic acids is 2. The zero-order valence-electron chi connectivity index (χ0n) is 18.4. The number of carbonyl (C=O) groups is 2. The van der Waals surface area contributed by atoms with Gasteiger partial charge in [-0.15, -0.1) is 0 Å². The van der Waals surface area contributed by atoms with E-state index in [2.05, 4.69) is 47.3 Å². The van der Waals surface area contributed by atoms with Crippen molar-refractivity contribution in [2.75, 3.05) is 36.4 Å². The predicted octanol–water partition coefficient (Wildman–Crippen LogP) is 2.98. The van der Waals surface area contributed by atoms with Crippen LogP contribution in [0, 0.1) is 5.92 Å². The number of nitrogens with zero attached hydrogens (tertiary/aromatic N) is 1. The van der Waals surface area contributed by atoms with Gasteiger partial charge in [0.15, 0.2) is 0 Å². The molecule has 172 valence electrons. The number of rotatable bonds is 8. The van der Waals surface area contributed by atoms with Crippen LogP contribution in [-0.4, -0.2) is 43.2 Å². The van der Waals surface area contributed by atoms with Crippen molar-refractivity contribution in [3.05, 3.63) is 57.5 Å². The van der Waals surface area contributed by atoms with Crippen LogP contribution in [0.3, 0.4) is 0 Å². The summed E-state index contributed by atoms with van der Waals surface area (Å²) in [5.41, 5.74) is -1.24. The van der Waals surface area contributed by atoms with Crippen molar-refractivity contribution in [2.24, 2.45) is 5.92 Å². The van der Waals surface area contributed by atoms with Gasteiger partial charge in [-0.2, -0.15) is 0 Å². The molecular formula is C23H29BrClN4O3+. The lowest BCUT2D eigenvalue weighted by atomic mass is 9.94. The summed E-state index contributed by atoms with van der Waals surface area (Å²) in [5, 5.41) is 18.0. The van der Waals surface area contributed by atoms with Crippen molar-refractivity contribution in [3.8, 4) is 0 Å². The fourth-order valence-corrected chi connectivity index (χ4v) is 4.45. The van der Waals surface area contributed by atoms with Crippen molar-refractivity contribution in [3.63, 3.8) is 0 Å². The summed E-state index contributed by atoms with van der Waals surface area (Å²) in [6.07, 6.45) is 0. The number of hydrogen-bond acceptors (Lipinski definition) is 3. The summed E-state index contributed by atoms with van der Waals surface area (Å²) in [6.45, 7) is 9.61. The van der Waals surface area contributed by atoms with Crippen LogP contribution in [0.15, 0.2) is 46.9 Å². The summed E-state index contributed by atoms with van der Waals surface area (Å²) >= 11 is 9.41. The molecule has 1 aliphatic heterocycles. The van der Waals surface area contributed by atoms with E-state index in [9.17, 15) is 14.7 Å². The fraction of sp³-hybridized carbons (Fsp3) is 0.391. The second-order valence-corrected chi connectivity index (χ2v) is 9.43. The molecule has 32 heavy (non-hydrogen) atoms. The highest BCUT2D eigenvalue weighted by Gasteiger charge is 2.52. The minimum Gasteiger partial charge on any atom is -0.359 e. The number of hydrogen-bond donors (Lipinski definition) is 4. The van der Waals surface area contributed by atoms with Crippen molar-refractivity contribution >= 4 is 50.8 Å². The Labute approximate surface area is 201 Å². The third kappa shape index (κ3) is 4.93. The number of quaternary nitrogens is 1. The van der Waals surface area contributed by atoms with Gasteiger partial charge in [0.05, 0.1) is 25.3 Å². The van der Waals surface area contributed by atoms with Gasteiger partial charge in [-0.3, -0.25) is 9.69 Å². The van der Waals surface area contributed by atoms with Gasteiger partial charge < -0.3 is 20.6 Å². The Kier molecular flexibility index (Phi) is 7.82. The molecule has 0 spiro atoms. The molecule has 0 aliphatic carbocycles. The average molecular weight is 525 g/mol. The monoisotopic (exact) mass is 523 g/mol. The van der Waals surface area contributed by atoms with Crippen molar-refractivity contribution in [1.82, 2.24) is 5.32 Å². The van der Waals surface area contributed by atoms with Gasteiger partial charge in [-0.1, -0.05) is 34.5 Å². The first-order chi connectivity index (χ1) is 15.2. The lowest BCUT2D eigenvalue weighted by molar-refractivity contribution is -0.899. The van der Waals surface area contributed by atoms with E-state index in [0.717, 1.165) is 24.5 Å². The number of anilines is 2. The van der Waals surface area contributed by atoms with E-state index in [1.165, 1.54) is 4.90 Å². The van der Waals surface area contributed by atoms with E-state index >= 15 is 0 Å². The molecule has 2 atom stereocenters. The van der Waals surface area contributed by atoms with Crippen LogP contribution in [0.2, 0.25) is 5.02 Å². The molecule has 9 heteroatoms. The smallest absolute Gasteiger partial charge is 0.329 e. The highest BCUT2D eigenvalue weighted by molar-refractivity contribution is 9.10. The maximum Gasteiger partial charge on any atom is 0.329 e. The van der Waals surface area contributed by atoms with Crippen LogP contribution in [-0.2, 0) is 10.5 Å². The zero-order valence-corrected chi connectivity index (χ0v) is 20.8. The lowest BCUT2D eigenvalue weighted by Crippen LogP contribution is -3.12. The van der Waals surface area contributed by atoms with E-state index in [1.807, 2.05) is 0 Å². The Hall–Kier alpha value is -2.13. The van der Waals surface area contributed by atoms with Gasteiger partial charge >= 0.3 is 6.03 Å². The minimum atomic E-state index is -2.24. The molecule has 0 saturated heterocycles. The summed E-state index contributed by atoms with van der Waals surface area (Å²) < 4.78 is 0.674. The van der Waals surface area contributed by atoms with E-state index < -0.39 is 17.7 Å². The number of aliphatic hydroxyl groups is 1. The molecule has 1 heterocycles. The normalized spacial score (nSPS) is 18.8. The number of fused-ring (bicyclic) bond motifs is 1. The summed E-state index contributed by atoms with van der Waals surface area (Å²) in [6, 6.07) is 10.8. The van der Waals surface area contributed by atoms with Crippen molar-refractivity contribution < 1.29 is 19.6 Å². The molecule has 0 fully saturated rings. The first-order valence-electron chi connectivity index (χ1n) is 10.7. The van der Waals surface area contributed by atoms with E-state index in [4.69, 9.17) is 11.6 Å². The minimum absolute atomic E-state index is 0.195. The van der Waals surface area contributed by atoms with Gasteiger partial charge in [0, 0.05) is 33.2 Å². The maximum atomic E-state index is 13.5. The molecule has 0 radical (unpaired) electrons. The highest BCUT2D eigenvalue weighted by Crippen LogP contribution is 2.41. The number of urea groups is 1. The van der Waals surface area contributed by atoms with E-state index in [-0.39, 0.29) is 11.5 Å². The average Bonchev–Trinajstić information content (AvgIpc) is 2.77. The maximum absolute atomic E-state index is 13.5. The van der Waals surface area contributed by atoms with Crippen LogP contribution in [0.5, 0.6) is 0 Å². The summed E-state index contributed by atoms with van der Waals surface area (Å²) in [7, 11) is 0. The SMILES string of the molecule is CC[NH+](CC)CC(C)CNC(=O)C1(O)c2cc(Br)ccc2NC(=O)N1c1ccc(Cl)cc1.